The molecule has 4 nitrogen and oxygen atoms in total. The highest BCUT2D eigenvalue weighted by Crippen LogP contribution is 2.11. The largest absolute Gasteiger partial charge is 0.497 e. The molecule has 0 spiro atoms. The number of piperidine rings is 1. The molecule has 1 atom stereocenters. The third kappa shape index (κ3) is 5.09. The standard InChI is InChI=1S/C14H20N2O2.ClH/c1-18-13-6-4-11(5-7-13)9-14(17)16-12-3-2-8-15-10-12;/h4-7,12,15H,2-3,8-10H2,1H3,(H,16,17);1H/t12-;/m0./s1. The van der Waals surface area contributed by atoms with Gasteiger partial charge in [0, 0.05) is 12.6 Å². The van der Waals surface area contributed by atoms with Crippen molar-refractivity contribution in [2.75, 3.05) is 20.2 Å². The molecule has 1 fully saturated rings. The third-order valence-corrected chi connectivity index (χ3v) is 3.19. The lowest BCUT2D eigenvalue weighted by Crippen LogP contribution is -2.46. The van der Waals surface area contributed by atoms with E-state index in [9.17, 15) is 4.79 Å². The molecule has 0 aliphatic carbocycles. The summed E-state index contributed by atoms with van der Waals surface area (Å²) < 4.78 is 5.09. The van der Waals surface area contributed by atoms with Gasteiger partial charge in [-0.15, -0.1) is 12.4 Å². The molecule has 0 bridgehead atoms. The van der Waals surface area contributed by atoms with Crippen LogP contribution in [0.2, 0.25) is 0 Å². The lowest BCUT2D eigenvalue weighted by Gasteiger charge is -2.23. The van der Waals surface area contributed by atoms with Crippen molar-refractivity contribution >= 4 is 18.3 Å². The second-order valence-corrected chi connectivity index (χ2v) is 4.64. The highest BCUT2D eigenvalue weighted by molar-refractivity contribution is 5.85. The molecule has 0 saturated carbocycles. The monoisotopic (exact) mass is 284 g/mol. The quantitative estimate of drug-likeness (QED) is 0.882. The minimum Gasteiger partial charge on any atom is -0.497 e. The molecule has 1 aromatic rings. The smallest absolute Gasteiger partial charge is 0.224 e. The fourth-order valence-electron chi connectivity index (χ4n) is 2.18. The van der Waals surface area contributed by atoms with E-state index in [-0.39, 0.29) is 24.4 Å². The summed E-state index contributed by atoms with van der Waals surface area (Å²) in [4.78, 5) is 11.9. The average molecular weight is 285 g/mol. The minimum atomic E-state index is 0. The molecule has 0 unspecified atom stereocenters. The lowest BCUT2D eigenvalue weighted by atomic mass is 10.1. The van der Waals surface area contributed by atoms with Crippen LogP contribution in [0.3, 0.4) is 0 Å². The molecular weight excluding hydrogens is 264 g/mol. The number of ether oxygens (including phenoxy) is 1. The maximum atomic E-state index is 11.9. The predicted molar refractivity (Wildman–Crippen MR) is 78.0 cm³/mol. The van der Waals surface area contributed by atoms with Crippen molar-refractivity contribution in [3.8, 4) is 5.75 Å². The molecule has 1 aromatic carbocycles. The Bertz CT molecular complexity index is 389. The average Bonchev–Trinajstić information content (AvgIpc) is 2.40. The molecule has 2 N–H and O–H groups in total. The summed E-state index contributed by atoms with van der Waals surface area (Å²) >= 11 is 0. The van der Waals surface area contributed by atoms with Crippen molar-refractivity contribution in [3.05, 3.63) is 29.8 Å². The highest BCUT2D eigenvalue weighted by atomic mass is 35.5. The van der Waals surface area contributed by atoms with Crippen molar-refractivity contribution in [1.29, 1.82) is 0 Å². The van der Waals surface area contributed by atoms with Crippen LogP contribution in [0.5, 0.6) is 5.75 Å². The SMILES string of the molecule is COc1ccc(CC(=O)N[C@H]2CCCNC2)cc1.Cl. The van der Waals surface area contributed by atoms with E-state index in [4.69, 9.17) is 4.74 Å². The molecule has 19 heavy (non-hydrogen) atoms. The van der Waals surface area contributed by atoms with Gasteiger partial charge in [-0.25, -0.2) is 0 Å². The first-order valence-electron chi connectivity index (χ1n) is 6.41. The fourth-order valence-corrected chi connectivity index (χ4v) is 2.18. The van der Waals surface area contributed by atoms with Crippen LogP contribution < -0.4 is 15.4 Å². The molecule has 2 rings (SSSR count). The summed E-state index contributed by atoms with van der Waals surface area (Å²) in [5.74, 6) is 0.907. The minimum absolute atomic E-state index is 0. The Morgan fingerprint density at radius 1 is 1.42 bits per heavy atom. The van der Waals surface area contributed by atoms with Crippen LogP contribution in [-0.2, 0) is 11.2 Å². The zero-order valence-electron chi connectivity index (χ0n) is 11.1. The number of rotatable bonds is 4. The lowest BCUT2D eigenvalue weighted by molar-refractivity contribution is -0.121. The van der Waals surface area contributed by atoms with Crippen LogP contribution in [0.1, 0.15) is 18.4 Å². The van der Waals surface area contributed by atoms with E-state index in [1.807, 2.05) is 24.3 Å². The van der Waals surface area contributed by atoms with Crippen molar-refractivity contribution in [2.24, 2.45) is 0 Å². The molecule has 0 radical (unpaired) electrons. The first kappa shape index (κ1) is 15.8. The molecule has 1 aliphatic heterocycles. The highest BCUT2D eigenvalue weighted by Gasteiger charge is 2.15. The van der Waals surface area contributed by atoms with Crippen molar-refractivity contribution in [2.45, 2.75) is 25.3 Å². The topological polar surface area (TPSA) is 50.4 Å². The number of benzene rings is 1. The number of methoxy groups -OCH3 is 1. The number of hydrogen-bond donors (Lipinski definition) is 2. The van der Waals surface area contributed by atoms with E-state index in [1.54, 1.807) is 7.11 Å². The second-order valence-electron chi connectivity index (χ2n) is 4.64. The van der Waals surface area contributed by atoms with Gasteiger partial charge in [0.25, 0.3) is 0 Å². The molecule has 1 aliphatic rings. The summed E-state index contributed by atoms with van der Waals surface area (Å²) in [5.41, 5.74) is 1.01. The predicted octanol–water partition coefficient (Wildman–Crippen LogP) is 1.53. The molecule has 1 saturated heterocycles. The molecule has 106 valence electrons. The molecule has 5 heteroatoms. The number of carbonyl (C=O) groups is 1. The van der Waals surface area contributed by atoms with Crippen LogP contribution in [0, 0.1) is 0 Å². The second kappa shape index (κ2) is 8.02. The van der Waals surface area contributed by atoms with Gasteiger partial charge < -0.3 is 15.4 Å². The Kier molecular flexibility index (Phi) is 6.67. The maximum absolute atomic E-state index is 11.9. The Morgan fingerprint density at radius 2 is 2.16 bits per heavy atom. The van der Waals surface area contributed by atoms with E-state index in [2.05, 4.69) is 10.6 Å². The Balaban J connectivity index is 0.00000180. The van der Waals surface area contributed by atoms with E-state index in [1.165, 1.54) is 0 Å². The maximum Gasteiger partial charge on any atom is 0.224 e. The Labute approximate surface area is 120 Å². The number of hydrogen-bond acceptors (Lipinski definition) is 3. The van der Waals surface area contributed by atoms with Gasteiger partial charge in [0.2, 0.25) is 5.91 Å². The summed E-state index contributed by atoms with van der Waals surface area (Å²) in [7, 11) is 1.64. The first-order chi connectivity index (χ1) is 8.78. The zero-order valence-corrected chi connectivity index (χ0v) is 12.0. The molecule has 1 heterocycles. The van der Waals surface area contributed by atoms with E-state index >= 15 is 0 Å². The van der Waals surface area contributed by atoms with Crippen molar-refractivity contribution < 1.29 is 9.53 Å². The fraction of sp³-hybridized carbons (Fsp3) is 0.500. The van der Waals surface area contributed by atoms with Gasteiger partial charge in [-0.3, -0.25) is 4.79 Å². The Morgan fingerprint density at radius 3 is 2.74 bits per heavy atom. The van der Waals surface area contributed by atoms with Crippen LogP contribution in [0.25, 0.3) is 0 Å². The van der Waals surface area contributed by atoms with E-state index in [0.29, 0.717) is 6.42 Å². The van der Waals surface area contributed by atoms with Gasteiger partial charge in [0.05, 0.1) is 13.5 Å². The van der Waals surface area contributed by atoms with Gasteiger partial charge in [-0.05, 0) is 37.1 Å². The third-order valence-electron chi connectivity index (χ3n) is 3.19. The number of amides is 1. The van der Waals surface area contributed by atoms with Gasteiger partial charge in [-0.2, -0.15) is 0 Å². The molecule has 1 amide bonds. The van der Waals surface area contributed by atoms with Crippen molar-refractivity contribution in [1.82, 2.24) is 10.6 Å². The van der Waals surface area contributed by atoms with Gasteiger partial charge in [0.15, 0.2) is 0 Å². The van der Waals surface area contributed by atoms with Gasteiger partial charge >= 0.3 is 0 Å². The van der Waals surface area contributed by atoms with Crippen LogP contribution in [0.15, 0.2) is 24.3 Å². The molecule has 0 aromatic heterocycles. The number of carbonyl (C=O) groups excluding carboxylic acids is 1. The summed E-state index contributed by atoms with van der Waals surface area (Å²) in [6.45, 7) is 1.94. The van der Waals surface area contributed by atoms with Crippen LogP contribution in [0.4, 0.5) is 0 Å². The first-order valence-corrected chi connectivity index (χ1v) is 6.41. The van der Waals surface area contributed by atoms with E-state index < -0.39 is 0 Å². The summed E-state index contributed by atoms with van der Waals surface area (Å²) in [6, 6.07) is 7.90. The summed E-state index contributed by atoms with van der Waals surface area (Å²) in [6.07, 6.45) is 2.63. The van der Waals surface area contributed by atoms with Crippen LogP contribution >= 0.6 is 12.4 Å². The van der Waals surface area contributed by atoms with E-state index in [0.717, 1.165) is 37.2 Å². The normalized spacial score (nSPS) is 18.3. The number of halogens is 1. The Hall–Kier alpha value is -1.26. The number of nitrogens with one attached hydrogen (secondary N) is 2. The zero-order chi connectivity index (χ0) is 12.8. The van der Waals surface area contributed by atoms with Crippen molar-refractivity contribution in [3.63, 3.8) is 0 Å². The van der Waals surface area contributed by atoms with Gasteiger partial charge in [-0.1, -0.05) is 12.1 Å². The summed E-state index contributed by atoms with van der Waals surface area (Å²) in [5, 5.41) is 6.35. The van der Waals surface area contributed by atoms with Crippen LogP contribution in [-0.4, -0.2) is 32.1 Å². The molecular formula is C14H21ClN2O2. The van der Waals surface area contributed by atoms with Gasteiger partial charge in [0.1, 0.15) is 5.75 Å².